The van der Waals surface area contributed by atoms with Crippen LogP contribution < -0.4 is 0 Å². The fraction of sp³-hybridized carbons (Fsp3) is 0.694. The van der Waals surface area contributed by atoms with Crippen LogP contribution in [0.3, 0.4) is 0 Å². The number of ether oxygens (including phenoxy) is 3. The van der Waals surface area contributed by atoms with Gasteiger partial charge in [0.1, 0.15) is 13.2 Å². The largest absolute Gasteiger partial charge is 0.462 e. The average molecular weight is 946 g/mol. The zero-order valence-corrected chi connectivity index (χ0v) is 44.3. The smallest absolute Gasteiger partial charge is 0.306 e. The summed E-state index contributed by atoms with van der Waals surface area (Å²) in [5.41, 5.74) is 0. The van der Waals surface area contributed by atoms with E-state index in [4.69, 9.17) is 14.2 Å². The third kappa shape index (κ3) is 53.3. The number of allylic oxidation sites excluding steroid dienone is 16. The molecule has 0 aliphatic heterocycles. The molecule has 0 aromatic rings. The molecule has 0 saturated carbocycles. The summed E-state index contributed by atoms with van der Waals surface area (Å²) in [4.78, 5) is 38.1. The van der Waals surface area contributed by atoms with Crippen molar-refractivity contribution in [2.75, 3.05) is 13.2 Å². The number of unbranched alkanes of at least 4 members (excludes halogenated alkanes) is 27. The van der Waals surface area contributed by atoms with Crippen molar-refractivity contribution in [2.24, 2.45) is 0 Å². The summed E-state index contributed by atoms with van der Waals surface area (Å²) in [6.45, 7) is 6.33. The predicted molar refractivity (Wildman–Crippen MR) is 293 cm³/mol. The van der Waals surface area contributed by atoms with Gasteiger partial charge in [0.15, 0.2) is 6.10 Å². The van der Waals surface area contributed by atoms with Gasteiger partial charge in [-0.25, -0.2) is 0 Å². The van der Waals surface area contributed by atoms with Crippen molar-refractivity contribution < 1.29 is 28.6 Å². The summed E-state index contributed by atoms with van der Waals surface area (Å²) in [5.74, 6) is -0.978. The lowest BCUT2D eigenvalue weighted by molar-refractivity contribution is -0.167. The van der Waals surface area contributed by atoms with Crippen molar-refractivity contribution in [1.29, 1.82) is 0 Å². The number of carbonyl (C=O) groups excluding carboxylic acids is 3. The molecule has 0 N–H and O–H groups in total. The van der Waals surface area contributed by atoms with E-state index in [-0.39, 0.29) is 37.5 Å². The van der Waals surface area contributed by atoms with Gasteiger partial charge < -0.3 is 14.2 Å². The normalized spacial score (nSPS) is 12.8. The minimum Gasteiger partial charge on any atom is -0.462 e. The number of esters is 3. The highest BCUT2D eigenvalue weighted by molar-refractivity contribution is 5.71. The molecule has 0 aromatic carbocycles. The Balaban J connectivity index is 4.42. The Hall–Kier alpha value is -3.67. The second-order valence-electron chi connectivity index (χ2n) is 18.6. The number of carbonyl (C=O) groups is 3. The zero-order chi connectivity index (χ0) is 49.3. The fourth-order valence-corrected chi connectivity index (χ4v) is 7.78. The molecule has 0 saturated heterocycles. The molecule has 0 bridgehead atoms. The highest BCUT2D eigenvalue weighted by Gasteiger charge is 2.19. The minimum atomic E-state index is -0.808. The maximum absolute atomic E-state index is 12.9. The molecule has 0 fully saturated rings. The highest BCUT2D eigenvalue weighted by Crippen LogP contribution is 2.16. The van der Waals surface area contributed by atoms with Gasteiger partial charge in [-0.05, 0) is 64.2 Å². The molecule has 0 amide bonds. The van der Waals surface area contributed by atoms with Gasteiger partial charge >= 0.3 is 17.9 Å². The molecule has 6 heteroatoms. The van der Waals surface area contributed by atoms with Gasteiger partial charge in [-0.2, -0.15) is 0 Å². The van der Waals surface area contributed by atoms with Crippen LogP contribution in [0.25, 0.3) is 0 Å². The predicted octanol–water partition coefficient (Wildman–Crippen LogP) is 18.9. The second-order valence-corrected chi connectivity index (χ2v) is 18.6. The third-order valence-corrected chi connectivity index (χ3v) is 12.0. The number of rotatable bonds is 50. The molecule has 388 valence electrons. The molecule has 0 aromatic heterocycles. The van der Waals surface area contributed by atoms with Crippen LogP contribution in [0.1, 0.15) is 258 Å². The van der Waals surface area contributed by atoms with Gasteiger partial charge in [-0.1, -0.05) is 272 Å². The van der Waals surface area contributed by atoms with Crippen LogP contribution in [0.5, 0.6) is 0 Å². The monoisotopic (exact) mass is 945 g/mol. The molecule has 1 unspecified atom stereocenters. The van der Waals surface area contributed by atoms with Crippen molar-refractivity contribution in [3.8, 4) is 0 Å². The van der Waals surface area contributed by atoms with E-state index in [0.29, 0.717) is 19.3 Å². The molecule has 0 aliphatic rings. The van der Waals surface area contributed by atoms with E-state index in [2.05, 4.69) is 63.3 Å². The first-order valence-electron chi connectivity index (χ1n) is 28.3. The van der Waals surface area contributed by atoms with Crippen LogP contribution in [0.2, 0.25) is 0 Å². The molecular formula is C62H104O6. The maximum Gasteiger partial charge on any atom is 0.306 e. The first kappa shape index (κ1) is 64.3. The first-order chi connectivity index (χ1) is 33.5. The standard InChI is InChI=1S/C62H104O6/c1-4-7-10-13-16-19-22-25-27-29-31-33-34-37-40-43-46-49-52-55-61(64)67-58-59(57-66-60(63)54-51-48-45-42-39-36-24-21-18-15-12-9-6-3)68-62(65)56-53-50-47-44-41-38-35-32-30-28-26-23-20-17-14-11-8-5-2/h7,9-10,12,15-16,18-19,21,24-25,27,36,39,42,45,59H,4-6,8,11,13-14,17,20,22-23,26,28-35,37-38,40-41,43-44,46-58H2,1-3H3/b10-7-,12-9-,18-15-,19-16-,24-21-,27-25-,39-36-,45-42-. The zero-order valence-electron chi connectivity index (χ0n) is 44.3. The van der Waals surface area contributed by atoms with E-state index < -0.39 is 6.10 Å². The quantitative estimate of drug-likeness (QED) is 0.0199. The molecule has 0 spiro atoms. The summed E-state index contributed by atoms with van der Waals surface area (Å²) in [7, 11) is 0. The van der Waals surface area contributed by atoms with E-state index in [1.165, 1.54) is 141 Å². The Bertz CT molecular complexity index is 1360. The Morgan fingerprint density at radius 1 is 0.324 bits per heavy atom. The summed E-state index contributed by atoms with van der Waals surface area (Å²) < 4.78 is 16.8. The molecule has 68 heavy (non-hydrogen) atoms. The Morgan fingerprint density at radius 2 is 0.662 bits per heavy atom. The first-order valence-corrected chi connectivity index (χ1v) is 28.3. The average Bonchev–Trinajstić information content (AvgIpc) is 3.34. The fourth-order valence-electron chi connectivity index (χ4n) is 7.78. The third-order valence-electron chi connectivity index (χ3n) is 12.0. The SMILES string of the molecule is CC\C=C/C=C\C=C/C=C\C=C/CCCC(=O)OCC(COC(=O)CCCCCCCCCCC/C=C\C/C=C\C/C=C\CC)OC(=O)CCCCCCCCCCCCCCCCCCCC. The van der Waals surface area contributed by atoms with Gasteiger partial charge in [-0.15, -0.1) is 0 Å². The van der Waals surface area contributed by atoms with E-state index in [9.17, 15) is 14.4 Å². The van der Waals surface area contributed by atoms with E-state index in [1.807, 2.05) is 54.7 Å². The molecule has 1 atom stereocenters. The molecular weight excluding hydrogens is 841 g/mol. The lowest BCUT2D eigenvalue weighted by Gasteiger charge is -2.18. The van der Waals surface area contributed by atoms with Gasteiger partial charge in [0.2, 0.25) is 0 Å². The lowest BCUT2D eigenvalue weighted by atomic mass is 10.0. The number of hydrogen-bond acceptors (Lipinski definition) is 6. The van der Waals surface area contributed by atoms with Gasteiger partial charge in [0, 0.05) is 19.3 Å². The number of hydrogen-bond donors (Lipinski definition) is 0. The van der Waals surface area contributed by atoms with Crippen LogP contribution >= 0.6 is 0 Å². The Morgan fingerprint density at radius 3 is 1.12 bits per heavy atom. The molecule has 0 rings (SSSR count). The van der Waals surface area contributed by atoms with Crippen molar-refractivity contribution in [2.45, 2.75) is 264 Å². The van der Waals surface area contributed by atoms with E-state index >= 15 is 0 Å². The van der Waals surface area contributed by atoms with Gasteiger partial charge in [0.25, 0.3) is 0 Å². The van der Waals surface area contributed by atoms with Crippen molar-refractivity contribution in [3.05, 3.63) is 97.2 Å². The summed E-state index contributed by atoms with van der Waals surface area (Å²) in [6.07, 6.45) is 74.1. The van der Waals surface area contributed by atoms with Crippen LogP contribution in [0, 0.1) is 0 Å². The van der Waals surface area contributed by atoms with Crippen molar-refractivity contribution in [3.63, 3.8) is 0 Å². The van der Waals surface area contributed by atoms with Crippen LogP contribution in [0.4, 0.5) is 0 Å². The van der Waals surface area contributed by atoms with Crippen molar-refractivity contribution in [1.82, 2.24) is 0 Å². The van der Waals surface area contributed by atoms with Gasteiger partial charge in [-0.3, -0.25) is 14.4 Å². The van der Waals surface area contributed by atoms with Crippen LogP contribution in [-0.4, -0.2) is 37.2 Å². The molecule has 0 radical (unpaired) electrons. The molecule has 6 nitrogen and oxygen atoms in total. The Labute approximate surface area is 419 Å². The van der Waals surface area contributed by atoms with E-state index in [0.717, 1.165) is 70.6 Å². The van der Waals surface area contributed by atoms with E-state index in [1.54, 1.807) is 0 Å². The topological polar surface area (TPSA) is 78.9 Å². The van der Waals surface area contributed by atoms with Gasteiger partial charge in [0.05, 0.1) is 0 Å². The summed E-state index contributed by atoms with van der Waals surface area (Å²) in [6, 6.07) is 0. The Kier molecular flexibility index (Phi) is 52.9. The molecule has 0 heterocycles. The summed E-state index contributed by atoms with van der Waals surface area (Å²) >= 11 is 0. The summed E-state index contributed by atoms with van der Waals surface area (Å²) in [5, 5.41) is 0. The maximum atomic E-state index is 12.9. The van der Waals surface area contributed by atoms with Crippen molar-refractivity contribution >= 4 is 17.9 Å². The second kappa shape index (κ2) is 55.9. The molecule has 0 aliphatic carbocycles. The van der Waals surface area contributed by atoms with Crippen LogP contribution in [-0.2, 0) is 28.6 Å². The minimum absolute atomic E-state index is 0.102. The van der Waals surface area contributed by atoms with Crippen LogP contribution in [0.15, 0.2) is 97.2 Å². The lowest BCUT2D eigenvalue weighted by Crippen LogP contribution is -2.30. The highest BCUT2D eigenvalue weighted by atomic mass is 16.6.